The summed E-state index contributed by atoms with van der Waals surface area (Å²) < 4.78 is 1.44. The minimum absolute atomic E-state index is 0.204. The Hall–Kier alpha value is -1.66. The second kappa shape index (κ2) is 5.11. The van der Waals surface area contributed by atoms with E-state index in [-0.39, 0.29) is 17.9 Å². The Morgan fingerprint density at radius 2 is 2.47 bits per heavy atom. The quantitative estimate of drug-likeness (QED) is 0.850. The highest BCUT2D eigenvalue weighted by Crippen LogP contribution is 2.15. The summed E-state index contributed by atoms with van der Waals surface area (Å²) in [4.78, 5) is 15.6. The lowest BCUT2D eigenvalue weighted by molar-refractivity contribution is 0.192. The summed E-state index contributed by atoms with van der Waals surface area (Å²) in [5.41, 5.74) is 0.639. The molecular weight excluding hydrogens is 238 g/mol. The Balaban J connectivity index is 2.03. The zero-order valence-corrected chi connectivity index (χ0v) is 10.1. The van der Waals surface area contributed by atoms with Crippen LogP contribution in [0.25, 0.3) is 0 Å². The van der Waals surface area contributed by atoms with Gasteiger partial charge in [-0.15, -0.1) is 0 Å². The fourth-order valence-corrected chi connectivity index (χ4v) is 2.10. The highest BCUT2D eigenvalue weighted by molar-refractivity contribution is 7.07. The van der Waals surface area contributed by atoms with E-state index in [1.54, 1.807) is 19.4 Å². The zero-order valence-electron chi connectivity index (χ0n) is 9.33. The van der Waals surface area contributed by atoms with Gasteiger partial charge in [-0.25, -0.2) is 4.98 Å². The molecule has 0 saturated heterocycles. The molecule has 1 unspecified atom stereocenters. The number of nitrogens with zero attached hydrogens (tertiary/aromatic N) is 2. The minimum Gasteiger partial charge on any atom is -0.387 e. The van der Waals surface area contributed by atoms with Crippen molar-refractivity contribution in [3.8, 4) is 0 Å². The maximum Gasteiger partial charge on any atom is 0.293 e. The lowest BCUT2D eigenvalue weighted by Crippen LogP contribution is -2.24. The fourth-order valence-electron chi connectivity index (χ4n) is 1.39. The molecule has 1 atom stereocenters. The largest absolute Gasteiger partial charge is 0.387 e. The summed E-state index contributed by atoms with van der Waals surface area (Å²) in [5, 5.41) is 16.5. The van der Waals surface area contributed by atoms with Crippen LogP contribution in [0.5, 0.6) is 0 Å². The highest BCUT2D eigenvalue weighted by atomic mass is 32.1. The van der Waals surface area contributed by atoms with Crippen molar-refractivity contribution in [1.29, 1.82) is 0 Å². The van der Waals surface area contributed by atoms with Gasteiger partial charge in [0.1, 0.15) is 0 Å². The van der Waals surface area contributed by atoms with E-state index >= 15 is 0 Å². The summed E-state index contributed by atoms with van der Waals surface area (Å²) >= 11 is 1.53. The number of aliphatic hydroxyl groups is 1. The molecule has 17 heavy (non-hydrogen) atoms. The average Bonchev–Trinajstić information content (AvgIpc) is 2.84. The third-order valence-corrected chi connectivity index (χ3v) is 3.11. The third kappa shape index (κ3) is 2.72. The number of rotatable bonds is 4. The van der Waals surface area contributed by atoms with Crippen molar-refractivity contribution in [2.45, 2.75) is 6.10 Å². The van der Waals surface area contributed by atoms with Crippen LogP contribution in [0.2, 0.25) is 0 Å². The molecule has 90 valence electrons. The van der Waals surface area contributed by atoms with Gasteiger partial charge in [-0.05, 0) is 22.4 Å². The van der Waals surface area contributed by atoms with Crippen molar-refractivity contribution in [3.05, 3.63) is 45.1 Å². The second-order valence-corrected chi connectivity index (χ2v) is 4.43. The molecule has 0 amide bonds. The monoisotopic (exact) mass is 251 g/mol. The van der Waals surface area contributed by atoms with Crippen LogP contribution in [0.1, 0.15) is 11.7 Å². The molecule has 0 fully saturated rings. The van der Waals surface area contributed by atoms with Crippen molar-refractivity contribution in [3.63, 3.8) is 0 Å². The van der Waals surface area contributed by atoms with Gasteiger partial charge in [0, 0.05) is 26.0 Å². The highest BCUT2D eigenvalue weighted by Gasteiger charge is 2.09. The molecule has 0 aliphatic rings. The number of hydrogen-bond donors (Lipinski definition) is 2. The lowest BCUT2D eigenvalue weighted by atomic mass is 10.2. The molecule has 2 rings (SSSR count). The van der Waals surface area contributed by atoms with Crippen LogP contribution in [0.15, 0.2) is 34.0 Å². The molecule has 0 aliphatic carbocycles. The Kier molecular flexibility index (Phi) is 3.55. The first-order valence-electron chi connectivity index (χ1n) is 5.14. The molecule has 0 bridgehead atoms. The minimum atomic E-state index is -0.632. The van der Waals surface area contributed by atoms with E-state index in [4.69, 9.17) is 0 Å². The molecule has 2 aromatic rings. The van der Waals surface area contributed by atoms with E-state index in [1.165, 1.54) is 15.9 Å². The molecule has 2 aromatic heterocycles. The summed E-state index contributed by atoms with van der Waals surface area (Å²) in [7, 11) is 1.66. The first-order valence-corrected chi connectivity index (χ1v) is 6.08. The second-order valence-electron chi connectivity index (χ2n) is 3.65. The van der Waals surface area contributed by atoms with E-state index < -0.39 is 6.10 Å². The van der Waals surface area contributed by atoms with Crippen LogP contribution in [0.4, 0.5) is 5.82 Å². The van der Waals surface area contributed by atoms with Crippen molar-refractivity contribution in [2.24, 2.45) is 7.05 Å². The van der Waals surface area contributed by atoms with E-state index in [9.17, 15) is 9.90 Å². The van der Waals surface area contributed by atoms with Crippen molar-refractivity contribution in [1.82, 2.24) is 9.55 Å². The van der Waals surface area contributed by atoms with Crippen molar-refractivity contribution in [2.75, 3.05) is 11.9 Å². The normalized spacial score (nSPS) is 12.4. The molecule has 0 spiro atoms. The third-order valence-electron chi connectivity index (χ3n) is 2.41. The number of aliphatic hydroxyl groups excluding tert-OH is 1. The number of aryl methyl sites for hydroxylation is 1. The SMILES string of the molecule is Cn1ccnc(NCC(O)c2ccsc2)c1=O. The van der Waals surface area contributed by atoms with E-state index in [0.717, 1.165) is 5.56 Å². The number of hydrogen-bond acceptors (Lipinski definition) is 5. The van der Waals surface area contributed by atoms with Gasteiger partial charge in [0.25, 0.3) is 5.56 Å². The summed E-state index contributed by atoms with van der Waals surface area (Å²) in [6.45, 7) is 0.267. The van der Waals surface area contributed by atoms with Crippen LogP contribution in [-0.4, -0.2) is 21.2 Å². The molecule has 2 N–H and O–H groups in total. The molecule has 2 heterocycles. The summed E-state index contributed by atoms with van der Waals surface area (Å²) in [6, 6.07) is 1.85. The maximum absolute atomic E-state index is 11.6. The first kappa shape index (κ1) is 11.8. The first-order chi connectivity index (χ1) is 8.18. The number of nitrogens with one attached hydrogen (secondary N) is 1. The Bertz CT molecular complexity index is 536. The predicted octanol–water partition coefficient (Wildman–Crippen LogP) is 0.987. The lowest BCUT2D eigenvalue weighted by Gasteiger charge is -2.10. The maximum atomic E-state index is 11.6. The van der Waals surface area contributed by atoms with Gasteiger partial charge in [0.2, 0.25) is 0 Å². The fraction of sp³-hybridized carbons (Fsp3) is 0.273. The van der Waals surface area contributed by atoms with Crippen LogP contribution in [-0.2, 0) is 7.05 Å². The predicted molar refractivity (Wildman–Crippen MR) is 67.2 cm³/mol. The Morgan fingerprint density at radius 3 is 3.18 bits per heavy atom. The van der Waals surface area contributed by atoms with Gasteiger partial charge in [0.15, 0.2) is 5.82 Å². The van der Waals surface area contributed by atoms with Crippen LogP contribution >= 0.6 is 11.3 Å². The smallest absolute Gasteiger partial charge is 0.293 e. The van der Waals surface area contributed by atoms with Crippen molar-refractivity contribution < 1.29 is 5.11 Å². The van der Waals surface area contributed by atoms with Gasteiger partial charge in [0.05, 0.1) is 6.10 Å². The van der Waals surface area contributed by atoms with Gasteiger partial charge >= 0.3 is 0 Å². The molecule has 5 nitrogen and oxygen atoms in total. The molecular formula is C11H13N3O2S. The van der Waals surface area contributed by atoms with Gasteiger partial charge in [-0.2, -0.15) is 11.3 Å². The summed E-state index contributed by atoms with van der Waals surface area (Å²) in [5.74, 6) is 0.254. The van der Waals surface area contributed by atoms with Gasteiger partial charge in [-0.1, -0.05) is 0 Å². The Labute approximate surface area is 102 Å². The number of aromatic nitrogens is 2. The van der Waals surface area contributed by atoms with E-state index in [2.05, 4.69) is 10.3 Å². The van der Waals surface area contributed by atoms with Crippen molar-refractivity contribution >= 4 is 17.2 Å². The van der Waals surface area contributed by atoms with Gasteiger partial charge in [-0.3, -0.25) is 4.79 Å². The number of thiophene rings is 1. The molecule has 0 radical (unpaired) electrons. The van der Waals surface area contributed by atoms with E-state index in [1.807, 2.05) is 16.8 Å². The summed E-state index contributed by atoms with van der Waals surface area (Å²) in [6.07, 6.45) is 2.50. The molecule has 0 aliphatic heterocycles. The van der Waals surface area contributed by atoms with Crippen LogP contribution in [0, 0.1) is 0 Å². The molecule has 0 saturated carbocycles. The standard InChI is InChI=1S/C11H13N3O2S/c1-14-4-3-12-10(11(14)16)13-6-9(15)8-2-5-17-7-8/h2-5,7,9,15H,6H2,1H3,(H,12,13). The topological polar surface area (TPSA) is 67.2 Å². The Morgan fingerprint density at radius 1 is 1.65 bits per heavy atom. The number of anilines is 1. The molecule has 0 aromatic carbocycles. The molecule has 6 heteroatoms. The zero-order chi connectivity index (χ0) is 12.3. The van der Waals surface area contributed by atoms with Gasteiger partial charge < -0.3 is 15.0 Å². The van der Waals surface area contributed by atoms with Crippen LogP contribution < -0.4 is 10.9 Å². The van der Waals surface area contributed by atoms with E-state index in [0.29, 0.717) is 0 Å². The van der Waals surface area contributed by atoms with Crippen LogP contribution in [0.3, 0.4) is 0 Å². The average molecular weight is 251 g/mol.